The SMILES string of the molecule is CCC1Cc2ccc3sc4ccccc4c3c2C2=C1C=CCC2. The molecule has 0 bridgehead atoms. The molecule has 0 N–H and O–H groups in total. The van der Waals surface area contributed by atoms with Gasteiger partial charge < -0.3 is 0 Å². The number of hydrogen-bond acceptors (Lipinski definition) is 1. The first-order valence-corrected chi connectivity index (χ1v) is 9.51. The van der Waals surface area contributed by atoms with Gasteiger partial charge in [-0.05, 0) is 66.0 Å². The fraction of sp³-hybridized carbons (Fsp3) is 0.273. The van der Waals surface area contributed by atoms with Crippen LogP contribution in [0.25, 0.3) is 25.7 Å². The van der Waals surface area contributed by atoms with Crippen LogP contribution >= 0.6 is 11.3 Å². The number of thiophene rings is 1. The highest BCUT2D eigenvalue weighted by Gasteiger charge is 2.28. The molecule has 0 spiro atoms. The minimum atomic E-state index is 0.705. The molecule has 0 saturated carbocycles. The van der Waals surface area contributed by atoms with Crippen LogP contribution in [0, 0.1) is 5.92 Å². The van der Waals surface area contributed by atoms with Gasteiger partial charge in [0.15, 0.2) is 0 Å². The monoisotopic (exact) mass is 316 g/mol. The molecule has 1 heterocycles. The van der Waals surface area contributed by atoms with E-state index in [4.69, 9.17) is 0 Å². The van der Waals surface area contributed by atoms with Gasteiger partial charge in [0.25, 0.3) is 0 Å². The van der Waals surface area contributed by atoms with Gasteiger partial charge in [0.2, 0.25) is 0 Å². The second kappa shape index (κ2) is 5.07. The van der Waals surface area contributed by atoms with Gasteiger partial charge in [-0.25, -0.2) is 0 Å². The molecule has 0 nitrogen and oxygen atoms in total. The molecule has 1 atom stereocenters. The molecule has 1 heteroatoms. The normalized spacial score (nSPS) is 20.1. The zero-order chi connectivity index (χ0) is 15.4. The van der Waals surface area contributed by atoms with Crippen LogP contribution in [0.15, 0.2) is 54.1 Å². The summed E-state index contributed by atoms with van der Waals surface area (Å²) in [5.41, 5.74) is 6.40. The van der Waals surface area contributed by atoms with Crippen molar-refractivity contribution in [1.29, 1.82) is 0 Å². The van der Waals surface area contributed by atoms with Crippen molar-refractivity contribution in [1.82, 2.24) is 0 Å². The molecule has 3 aromatic rings. The zero-order valence-electron chi connectivity index (χ0n) is 13.4. The van der Waals surface area contributed by atoms with Crippen molar-refractivity contribution in [2.75, 3.05) is 0 Å². The average Bonchev–Trinajstić information content (AvgIpc) is 2.99. The van der Waals surface area contributed by atoms with Crippen molar-refractivity contribution in [3.63, 3.8) is 0 Å². The fourth-order valence-corrected chi connectivity index (χ4v) is 5.56. The van der Waals surface area contributed by atoms with Crippen molar-refractivity contribution in [3.8, 4) is 0 Å². The molecule has 0 aliphatic heterocycles. The molecule has 0 radical (unpaired) electrons. The maximum absolute atomic E-state index is 2.42. The molecule has 2 aliphatic carbocycles. The second-order valence-electron chi connectivity index (χ2n) is 6.76. The Morgan fingerprint density at radius 3 is 2.91 bits per heavy atom. The standard InChI is InChI=1S/C22H20S/c1-2-14-13-15-11-12-20-22(18-9-5-6-10-19(18)23-20)21(15)17-8-4-3-7-16(14)17/h3,5-7,9-12,14H,2,4,8,13H2,1H3. The quantitative estimate of drug-likeness (QED) is 0.466. The van der Waals surface area contributed by atoms with E-state index in [2.05, 4.69) is 55.5 Å². The van der Waals surface area contributed by atoms with Crippen LogP contribution in [0.3, 0.4) is 0 Å². The summed E-state index contributed by atoms with van der Waals surface area (Å²) in [7, 11) is 0. The summed E-state index contributed by atoms with van der Waals surface area (Å²) in [5, 5.41) is 2.96. The van der Waals surface area contributed by atoms with Gasteiger partial charge in [-0.15, -0.1) is 11.3 Å². The molecule has 5 rings (SSSR count). The summed E-state index contributed by atoms with van der Waals surface area (Å²) in [5.74, 6) is 0.705. The first kappa shape index (κ1) is 13.6. The summed E-state index contributed by atoms with van der Waals surface area (Å²) in [6.07, 6.45) is 9.63. The van der Waals surface area contributed by atoms with Crippen molar-refractivity contribution in [2.45, 2.75) is 32.6 Å². The first-order chi connectivity index (χ1) is 11.4. The van der Waals surface area contributed by atoms with Gasteiger partial charge in [-0.2, -0.15) is 0 Å². The third kappa shape index (κ3) is 1.89. The minimum absolute atomic E-state index is 0.705. The summed E-state index contributed by atoms with van der Waals surface area (Å²) in [4.78, 5) is 0. The Kier molecular flexibility index (Phi) is 2.99. The zero-order valence-corrected chi connectivity index (χ0v) is 14.2. The van der Waals surface area contributed by atoms with Crippen LogP contribution in [0.5, 0.6) is 0 Å². The van der Waals surface area contributed by atoms with Crippen LogP contribution in [-0.2, 0) is 6.42 Å². The Hall–Kier alpha value is -1.86. The van der Waals surface area contributed by atoms with Crippen LogP contribution in [0.4, 0.5) is 0 Å². The van der Waals surface area contributed by atoms with Crippen molar-refractivity contribution in [3.05, 3.63) is 65.3 Å². The molecule has 0 saturated heterocycles. The minimum Gasteiger partial charge on any atom is -0.135 e. The fourth-order valence-electron chi connectivity index (χ4n) is 4.45. The molecule has 0 fully saturated rings. The highest BCUT2D eigenvalue weighted by atomic mass is 32.1. The van der Waals surface area contributed by atoms with E-state index >= 15 is 0 Å². The average molecular weight is 316 g/mol. The van der Waals surface area contributed by atoms with E-state index in [1.165, 1.54) is 45.9 Å². The second-order valence-corrected chi connectivity index (χ2v) is 7.84. The Morgan fingerprint density at radius 2 is 2.00 bits per heavy atom. The molecule has 23 heavy (non-hydrogen) atoms. The van der Waals surface area contributed by atoms with Crippen LogP contribution < -0.4 is 0 Å². The molecule has 1 unspecified atom stereocenters. The Labute approximate surface area is 141 Å². The topological polar surface area (TPSA) is 0 Å². The Morgan fingerprint density at radius 1 is 1.09 bits per heavy atom. The molecule has 114 valence electrons. The highest BCUT2D eigenvalue weighted by molar-refractivity contribution is 7.25. The van der Waals surface area contributed by atoms with E-state index in [9.17, 15) is 0 Å². The third-order valence-corrected chi connectivity index (χ3v) is 6.67. The van der Waals surface area contributed by atoms with E-state index < -0.39 is 0 Å². The summed E-state index contributed by atoms with van der Waals surface area (Å²) >= 11 is 1.94. The Balaban J connectivity index is 1.92. The van der Waals surface area contributed by atoms with E-state index in [-0.39, 0.29) is 0 Å². The maximum atomic E-state index is 2.42. The van der Waals surface area contributed by atoms with Gasteiger partial charge >= 0.3 is 0 Å². The number of rotatable bonds is 1. The third-order valence-electron chi connectivity index (χ3n) is 5.54. The number of benzene rings is 2. The lowest BCUT2D eigenvalue weighted by molar-refractivity contribution is 0.589. The molecule has 2 aromatic carbocycles. The van der Waals surface area contributed by atoms with Gasteiger partial charge in [-0.1, -0.05) is 43.3 Å². The van der Waals surface area contributed by atoms with E-state index in [1.54, 1.807) is 22.3 Å². The van der Waals surface area contributed by atoms with E-state index in [0.29, 0.717) is 5.92 Å². The maximum Gasteiger partial charge on any atom is 0.0361 e. The largest absolute Gasteiger partial charge is 0.135 e. The van der Waals surface area contributed by atoms with Crippen molar-refractivity contribution < 1.29 is 0 Å². The highest BCUT2D eigenvalue weighted by Crippen LogP contribution is 2.47. The smallest absolute Gasteiger partial charge is 0.0361 e. The molecule has 2 aliphatic rings. The lowest BCUT2D eigenvalue weighted by atomic mass is 9.73. The first-order valence-electron chi connectivity index (χ1n) is 8.70. The van der Waals surface area contributed by atoms with Gasteiger partial charge in [-0.3, -0.25) is 0 Å². The predicted octanol–water partition coefficient (Wildman–Crippen LogP) is 6.74. The van der Waals surface area contributed by atoms with E-state index in [1.807, 2.05) is 11.3 Å². The number of allylic oxidation sites excluding steroid dienone is 4. The van der Waals surface area contributed by atoms with Crippen molar-refractivity contribution >= 4 is 37.1 Å². The lowest BCUT2D eigenvalue weighted by Gasteiger charge is -2.31. The van der Waals surface area contributed by atoms with Crippen molar-refractivity contribution in [2.24, 2.45) is 5.92 Å². The Bertz CT molecular complexity index is 984. The van der Waals surface area contributed by atoms with Gasteiger partial charge in [0.1, 0.15) is 0 Å². The summed E-state index contributed by atoms with van der Waals surface area (Å²) in [6, 6.07) is 13.7. The van der Waals surface area contributed by atoms with Gasteiger partial charge in [0.05, 0.1) is 0 Å². The molecular formula is C22H20S. The molecule has 1 aromatic heterocycles. The van der Waals surface area contributed by atoms with Gasteiger partial charge in [0, 0.05) is 20.2 Å². The number of hydrogen-bond donors (Lipinski definition) is 0. The van der Waals surface area contributed by atoms with Crippen LogP contribution in [-0.4, -0.2) is 0 Å². The van der Waals surface area contributed by atoms with E-state index in [0.717, 1.165) is 0 Å². The summed E-state index contributed by atoms with van der Waals surface area (Å²) < 4.78 is 2.86. The van der Waals surface area contributed by atoms with Crippen LogP contribution in [0.1, 0.15) is 37.3 Å². The number of fused-ring (bicyclic) bond motifs is 6. The lowest BCUT2D eigenvalue weighted by Crippen LogP contribution is -2.16. The predicted molar refractivity (Wildman–Crippen MR) is 102 cm³/mol. The molecular weight excluding hydrogens is 296 g/mol. The molecule has 0 amide bonds. The summed E-state index contributed by atoms with van der Waals surface area (Å²) in [6.45, 7) is 2.33. The van der Waals surface area contributed by atoms with Crippen LogP contribution in [0.2, 0.25) is 0 Å².